The van der Waals surface area contributed by atoms with E-state index in [1.165, 1.54) is 12.7 Å². The van der Waals surface area contributed by atoms with E-state index in [0.717, 1.165) is 61.4 Å². The molecule has 0 fully saturated rings. The Morgan fingerprint density at radius 1 is 1.11 bits per heavy atom. The van der Waals surface area contributed by atoms with Gasteiger partial charge >= 0.3 is 5.97 Å². The highest BCUT2D eigenvalue weighted by atomic mass is 19.1. The van der Waals surface area contributed by atoms with Gasteiger partial charge < -0.3 is 25.0 Å². The van der Waals surface area contributed by atoms with E-state index >= 15 is 0 Å². The van der Waals surface area contributed by atoms with Gasteiger partial charge in [0.05, 0.1) is 6.61 Å². The summed E-state index contributed by atoms with van der Waals surface area (Å²) in [6, 6.07) is 9.09. The third-order valence-corrected chi connectivity index (χ3v) is 7.45. The lowest BCUT2D eigenvalue weighted by molar-refractivity contribution is -0.156. The normalized spacial score (nSPS) is 14.4. The summed E-state index contributed by atoms with van der Waals surface area (Å²) in [6.07, 6.45) is 7.50. The molecule has 4 heterocycles. The van der Waals surface area contributed by atoms with Gasteiger partial charge in [-0.3, -0.25) is 4.98 Å². The summed E-state index contributed by atoms with van der Waals surface area (Å²) in [5, 5.41) is 6.70. The third-order valence-electron chi connectivity index (χ3n) is 7.45. The Morgan fingerprint density at radius 3 is 2.67 bits per heavy atom. The highest BCUT2D eigenvalue weighted by Gasteiger charge is 2.27. The van der Waals surface area contributed by atoms with Crippen LogP contribution in [0, 0.1) is 6.92 Å². The molecule has 2 atom stereocenters. The Hall–Kier alpha value is -3.70. The van der Waals surface area contributed by atoms with E-state index in [9.17, 15) is 9.18 Å². The number of anilines is 2. The molecule has 4 rings (SSSR count). The number of ether oxygens (including phenoxy) is 2. The lowest BCUT2D eigenvalue weighted by atomic mass is 10.1. The van der Waals surface area contributed by atoms with Crippen LogP contribution in [0.3, 0.4) is 0 Å². The molecule has 0 aliphatic carbocycles. The van der Waals surface area contributed by atoms with Gasteiger partial charge in [0.1, 0.15) is 29.5 Å². The van der Waals surface area contributed by atoms with E-state index in [0.29, 0.717) is 31.2 Å². The molecule has 0 bridgehead atoms. The number of carbonyl (C=O) groups excluding carboxylic acids is 1. The predicted octanol–water partition coefficient (Wildman–Crippen LogP) is 5.42. The minimum Gasteiger partial charge on any atom is -0.458 e. The molecule has 3 aromatic heterocycles. The molecule has 244 valence electrons. The number of methoxy groups -OCH3 is 1. The maximum absolute atomic E-state index is 14.8. The number of hydrogen-bond acceptors (Lipinski definition) is 10. The van der Waals surface area contributed by atoms with Crippen molar-refractivity contribution in [3.8, 4) is 11.4 Å². The minimum absolute atomic E-state index is 0.0221. The molecule has 11 heteroatoms. The van der Waals surface area contributed by atoms with Crippen LogP contribution in [-0.4, -0.2) is 88.5 Å². The zero-order valence-corrected chi connectivity index (χ0v) is 27.3. The van der Waals surface area contributed by atoms with Crippen LogP contribution in [-0.2, 0) is 27.1 Å². The van der Waals surface area contributed by atoms with Crippen LogP contribution < -0.4 is 10.6 Å². The van der Waals surface area contributed by atoms with E-state index in [4.69, 9.17) is 14.5 Å². The van der Waals surface area contributed by atoms with E-state index in [1.54, 1.807) is 18.5 Å². The van der Waals surface area contributed by atoms with Gasteiger partial charge in [-0.05, 0) is 96.5 Å². The molecule has 1 aliphatic rings. The molecule has 3 aromatic rings. The Balaban J connectivity index is 1.42. The van der Waals surface area contributed by atoms with Crippen LogP contribution in [0.15, 0.2) is 42.7 Å². The number of pyridine rings is 2. The second-order valence-corrected chi connectivity index (χ2v) is 12.6. The van der Waals surface area contributed by atoms with Crippen LogP contribution >= 0.6 is 0 Å². The standard InChI is InChI=1S/C34H48FN7O3/c1-24-21-30(41-32(38-24)26-13-17-36-18-14-26)40-29(33(43)45-34(2,3)4)15-20-42(22-27(35)23-44-5)19-7-6-10-28-12-11-25-9-8-16-37-31(25)39-28/h11-14,17-18,21,27,29H,6-10,15-16,19-20,22-23H2,1-5H3,(H,37,39)(H,38,40,41). The molecule has 0 amide bonds. The number of hydrogen-bond donors (Lipinski definition) is 2. The van der Waals surface area contributed by atoms with Crippen molar-refractivity contribution in [2.24, 2.45) is 0 Å². The highest BCUT2D eigenvalue weighted by Crippen LogP contribution is 2.22. The Bertz CT molecular complexity index is 1370. The number of fused-ring (bicyclic) bond motifs is 1. The first-order valence-electron chi connectivity index (χ1n) is 15.9. The number of alkyl halides is 1. The summed E-state index contributed by atoms with van der Waals surface area (Å²) in [5.41, 5.74) is 3.27. The van der Waals surface area contributed by atoms with Gasteiger partial charge in [-0.1, -0.05) is 6.07 Å². The lowest BCUT2D eigenvalue weighted by Crippen LogP contribution is -2.41. The number of halogens is 1. The fraction of sp³-hybridized carbons (Fsp3) is 0.559. The van der Waals surface area contributed by atoms with Crippen molar-refractivity contribution in [2.75, 3.05) is 50.5 Å². The smallest absolute Gasteiger partial charge is 0.329 e. The summed E-state index contributed by atoms with van der Waals surface area (Å²) in [6.45, 7) is 9.80. The molecule has 10 nitrogen and oxygen atoms in total. The van der Waals surface area contributed by atoms with Gasteiger partial charge in [-0.25, -0.2) is 24.1 Å². The van der Waals surface area contributed by atoms with E-state index in [1.807, 2.05) is 39.8 Å². The zero-order chi connectivity index (χ0) is 32.2. The summed E-state index contributed by atoms with van der Waals surface area (Å²) in [7, 11) is 1.50. The minimum atomic E-state index is -1.14. The number of carbonyl (C=O) groups is 1. The zero-order valence-electron chi connectivity index (χ0n) is 27.3. The van der Waals surface area contributed by atoms with Crippen molar-refractivity contribution >= 4 is 17.6 Å². The van der Waals surface area contributed by atoms with Gasteiger partial charge in [-0.15, -0.1) is 0 Å². The number of nitrogens with zero attached hydrogens (tertiary/aromatic N) is 5. The summed E-state index contributed by atoms with van der Waals surface area (Å²) in [4.78, 5) is 33.6. The topological polar surface area (TPSA) is 114 Å². The van der Waals surface area contributed by atoms with Crippen molar-refractivity contribution in [2.45, 2.75) is 84.0 Å². The number of aromatic nitrogens is 4. The van der Waals surface area contributed by atoms with Crippen LogP contribution in [0.25, 0.3) is 11.4 Å². The summed E-state index contributed by atoms with van der Waals surface area (Å²) in [5.74, 6) is 1.68. The molecule has 2 unspecified atom stereocenters. The van der Waals surface area contributed by atoms with Gasteiger partial charge in [0.2, 0.25) is 0 Å². The number of unbranched alkanes of at least 4 members (excludes halogenated alkanes) is 1. The van der Waals surface area contributed by atoms with E-state index in [-0.39, 0.29) is 19.1 Å². The number of aryl methyl sites for hydroxylation is 3. The molecular formula is C34H48FN7O3. The fourth-order valence-electron chi connectivity index (χ4n) is 5.34. The molecule has 2 N–H and O–H groups in total. The fourth-order valence-corrected chi connectivity index (χ4v) is 5.34. The predicted molar refractivity (Wildman–Crippen MR) is 175 cm³/mol. The van der Waals surface area contributed by atoms with Crippen molar-refractivity contribution in [1.82, 2.24) is 24.8 Å². The molecular weight excluding hydrogens is 573 g/mol. The lowest BCUT2D eigenvalue weighted by Gasteiger charge is -2.28. The molecule has 45 heavy (non-hydrogen) atoms. The summed E-state index contributed by atoms with van der Waals surface area (Å²) < 4.78 is 25.6. The van der Waals surface area contributed by atoms with Crippen molar-refractivity contribution < 1.29 is 18.7 Å². The number of esters is 1. The van der Waals surface area contributed by atoms with Crippen LogP contribution in [0.1, 0.15) is 63.4 Å². The molecule has 1 aliphatic heterocycles. The van der Waals surface area contributed by atoms with Crippen LogP contribution in [0.5, 0.6) is 0 Å². The van der Waals surface area contributed by atoms with Crippen LogP contribution in [0.2, 0.25) is 0 Å². The Kier molecular flexibility index (Phi) is 12.6. The van der Waals surface area contributed by atoms with Gasteiger partial charge in [0, 0.05) is 62.2 Å². The molecule has 0 saturated heterocycles. The maximum atomic E-state index is 14.8. The second-order valence-electron chi connectivity index (χ2n) is 12.6. The van der Waals surface area contributed by atoms with Crippen molar-refractivity contribution in [1.29, 1.82) is 0 Å². The third kappa shape index (κ3) is 11.3. The Morgan fingerprint density at radius 2 is 1.91 bits per heavy atom. The largest absolute Gasteiger partial charge is 0.458 e. The molecule has 0 saturated carbocycles. The van der Waals surface area contributed by atoms with Gasteiger partial charge in [0.25, 0.3) is 0 Å². The van der Waals surface area contributed by atoms with Crippen molar-refractivity contribution in [3.05, 3.63) is 59.7 Å². The maximum Gasteiger partial charge on any atom is 0.329 e. The van der Waals surface area contributed by atoms with Crippen LogP contribution in [0.4, 0.5) is 16.0 Å². The molecule has 0 radical (unpaired) electrons. The van der Waals surface area contributed by atoms with Gasteiger partial charge in [0.15, 0.2) is 5.82 Å². The summed E-state index contributed by atoms with van der Waals surface area (Å²) >= 11 is 0. The Labute approximate surface area is 266 Å². The number of nitrogens with one attached hydrogen (secondary N) is 2. The second kappa shape index (κ2) is 16.6. The highest BCUT2D eigenvalue weighted by molar-refractivity contribution is 5.79. The monoisotopic (exact) mass is 621 g/mol. The molecule has 0 aromatic carbocycles. The average molecular weight is 622 g/mol. The first kappa shape index (κ1) is 34.2. The van der Waals surface area contributed by atoms with Gasteiger partial charge in [-0.2, -0.15) is 0 Å². The average Bonchev–Trinajstić information content (AvgIpc) is 3.00. The van der Waals surface area contributed by atoms with E-state index in [2.05, 4.69) is 42.6 Å². The SMILES string of the molecule is COCC(F)CN(CCCCc1ccc2c(n1)NCCC2)CCC(Nc1cc(C)nc(-c2ccncc2)n1)C(=O)OC(C)(C)C. The first-order chi connectivity index (χ1) is 21.6. The molecule has 0 spiro atoms. The first-order valence-corrected chi connectivity index (χ1v) is 15.9. The quantitative estimate of drug-likeness (QED) is 0.159. The number of rotatable bonds is 16. The van der Waals surface area contributed by atoms with Crippen molar-refractivity contribution in [3.63, 3.8) is 0 Å². The van der Waals surface area contributed by atoms with E-state index < -0.39 is 17.8 Å².